The largest absolute Gasteiger partial charge is 0.494 e. The molecule has 1 aliphatic rings. The van der Waals surface area contributed by atoms with E-state index in [-0.39, 0.29) is 0 Å². The number of ether oxygens (including phenoxy) is 1. The SMILES string of the molecule is CCOc1ccc(NC(=S)NN2[C@H](C)CCC[C@@H]2C)cc1. The van der Waals surface area contributed by atoms with Gasteiger partial charge >= 0.3 is 0 Å². The van der Waals surface area contributed by atoms with Gasteiger partial charge in [-0.3, -0.25) is 5.43 Å². The molecule has 5 heteroatoms. The minimum absolute atomic E-state index is 0.508. The highest BCUT2D eigenvalue weighted by atomic mass is 32.1. The first-order valence-electron chi connectivity index (χ1n) is 7.69. The van der Waals surface area contributed by atoms with E-state index in [9.17, 15) is 0 Å². The number of nitrogens with one attached hydrogen (secondary N) is 2. The quantitative estimate of drug-likeness (QED) is 0.832. The molecule has 0 spiro atoms. The maximum absolute atomic E-state index is 5.43. The summed E-state index contributed by atoms with van der Waals surface area (Å²) in [7, 11) is 0. The van der Waals surface area contributed by atoms with Crippen LogP contribution in [0.25, 0.3) is 0 Å². The molecule has 116 valence electrons. The molecule has 2 rings (SSSR count). The molecule has 0 unspecified atom stereocenters. The van der Waals surface area contributed by atoms with Crippen LogP contribution in [-0.2, 0) is 0 Å². The number of benzene rings is 1. The summed E-state index contributed by atoms with van der Waals surface area (Å²) < 4.78 is 5.43. The Morgan fingerprint density at radius 1 is 1.24 bits per heavy atom. The second kappa shape index (κ2) is 7.61. The molecular weight excluding hydrogens is 282 g/mol. The average Bonchev–Trinajstić information content (AvgIpc) is 2.45. The van der Waals surface area contributed by atoms with Crippen LogP contribution in [0.1, 0.15) is 40.0 Å². The monoisotopic (exact) mass is 307 g/mol. The molecular formula is C16H25N3OS. The Morgan fingerprint density at radius 2 is 1.86 bits per heavy atom. The summed E-state index contributed by atoms with van der Waals surface area (Å²) in [6, 6.07) is 8.85. The van der Waals surface area contributed by atoms with Gasteiger partial charge in [0.1, 0.15) is 5.75 Å². The van der Waals surface area contributed by atoms with Gasteiger partial charge in [0.2, 0.25) is 0 Å². The number of nitrogens with zero attached hydrogens (tertiary/aromatic N) is 1. The molecule has 0 saturated carbocycles. The zero-order valence-corrected chi connectivity index (χ0v) is 13.9. The second-order valence-electron chi connectivity index (χ2n) is 5.56. The summed E-state index contributed by atoms with van der Waals surface area (Å²) in [4.78, 5) is 0. The second-order valence-corrected chi connectivity index (χ2v) is 5.97. The molecule has 2 atom stereocenters. The smallest absolute Gasteiger partial charge is 0.185 e. The first-order chi connectivity index (χ1) is 10.1. The minimum atomic E-state index is 0.508. The van der Waals surface area contributed by atoms with Crippen molar-refractivity contribution in [3.63, 3.8) is 0 Å². The van der Waals surface area contributed by atoms with Gasteiger partial charge in [-0.15, -0.1) is 0 Å². The summed E-state index contributed by atoms with van der Waals surface area (Å²) >= 11 is 5.41. The maximum Gasteiger partial charge on any atom is 0.185 e. The van der Waals surface area contributed by atoms with Crippen LogP contribution in [0, 0.1) is 0 Å². The highest BCUT2D eigenvalue weighted by Gasteiger charge is 2.25. The molecule has 4 nitrogen and oxygen atoms in total. The molecule has 0 amide bonds. The van der Waals surface area contributed by atoms with E-state index < -0.39 is 0 Å². The Morgan fingerprint density at radius 3 is 2.43 bits per heavy atom. The molecule has 0 aliphatic carbocycles. The van der Waals surface area contributed by atoms with Gasteiger partial charge in [-0.25, -0.2) is 5.01 Å². The van der Waals surface area contributed by atoms with Crippen molar-refractivity contribution in [2.24, 2.45) is 0 Å². The van der Waals surface area contributed by atoms with Crippen LogP contribution in [0.15, 0.2) is 24.3 Å². The van der Waals surface area contributed by atoms with E-state index in [1.54, 1.807) is 0 Å². The zero-order chi connectivity index (χ0) is 15.2. The normalized spacial score (nSPS) is 22.6. The fraction of sp³-hybridized carbons (Fsp3) is 0.562. The Kier molecular flexibility index (Phi) is 5.82. The Balaban J connectivity index is 1.88. The van der Waals surface area contributed by atoms with E-state index in [0.29, 0.717) is 23.8 Å². The van der Waals surface area contributed by atoms with E-state index in [4.69, 9.17) is 17.0 Å². The topological polar surface area (TPSA) is 36.5 Å². The lowest BCUT2D eigenvalue weighted by atomic mass is 10.00. The van der Waals surface area contributed by atoms with Gasteiger partial charge in [0.05, 0.1) is 6.61 Å². The van der Waals surface area contributed by atoms with Gasteiger partial charge in [-0.05, 0) is 70.1 Å². The third kappa shape index (κ3) is 4.58. The van der Waals surface area contributed by atoms with Crippen LogP contribution in [0.2, 0.25) is 0 Å². The third-order valence-electron chi connectivity index (χ3n) is 3.85. The van der Waals surface area contributed by atoms with Crippen molar-refractivity contribution in [1.82, 2.24) is 10.4 Å². The van der Waals surface area contributed by atoms with Crippen molar-refractivity contribution in [3.05, 3.63) is 24.3 Å². The number of hydrazine groups is 1. The summed E-state index contributed by atoms with van der Waals surface area (Å²) in [5, 5.41) is 6.12. The lowest BCUT2D eigenvalue weighted by molar-refractivity contribution is 0.0750. The van der Waals surface area contributed by atoms with Crippen LogP contribution in [0.3, 0.4) is 0 Å². The summed E-state index contributed by atoms with van der Waals surface area (Å²) in [6.07, 6.45) is 3.71. The van der Waals surface area contributed by atoms with Crippen LogP contribution in [-0.4, -0.2) is 28.8 Å². The highest BCUT2D eigenvalue weighted by molar-refractivity contribution is 7.80. The van der Waals surface area contributed by atoms with Gasteiger partial charge in [-0.1, -0.05) is 6.42 Å². The molecule has 0 bridgehead atoms. The first-order valence-corrected chi connectivity index (χ1v) is 8.09. The van der Waals surface area contributed by atoms with Crippen molar-refractivity contribution < 1.29 is 4.74 Å². The molecule has 1 aliphatic heterocycles. The van der Waals surface area contributed by atoms with Crippen LogP contribution in [0.5, 0.6) is 5.75 Å². The van der Waals surface area contributed by atoms with E-state index in [2.05, 4.69) is 29.6 Å². The standard InChI is InChI=1S/C16H25N3OS/c1-4-20-15-10-8-14(9-11-15)17-16(21)18-19-12(2)6-5-7-13(19)3/h8-13H,4-7H2,1-3H3,(H2,17,18,21)/t12-,13+. The number of hydrogen-bond donors (Lipinski definition) is 2. The lowest BCUT2D eigenvalue weighted by Crippen LogP contribution is -2.55. The Hall–Kier alpha value is -1.33. The van der Waals surface area contributed by atoms with Gasteiger partial charge < -0.3 is 10.1 Å². The number of anilines is 1. The molecule has 2 N–H and O–H groups in total. The lowest BCUT2D eigenvalue weighted by Gasteiger charge is -2.39. The van der Waals surface area contributed by atoms with Crippen molar-refractivity contribution >= 4 is 23.0 Å². The van der Waals surface area contributed by atoms with E-state index >= 15 is 0 Å². The van der Waals surface area contributed by atoms with Crippen molar-refractivity contribution in [2.75, 3.05) is 11.9 Å². The third-order valence-corrected chi connectivity index (χ3v) is 4.04. The number of piperidine rings is 1. The van der Waals surface area contributed by atoms with Crippen LogP contribution >= 0.6 is 12.2 Å². The summed E-state index contributed by atoms with van der Waals surface area (Å²) in [6.45, 7) is 7.13. The fourth-order valence-corrected chi connectivity index (χ4v) is 2.94. The molecule has 1 fully saturated rings. The predicted octanol–water partition coefficient (Wildman–Crippen LogP) is 3.55. The number of thiocarbonyl (C=S) groups is 1. The average molecular weight is 307 g/mol. The molecule has 1 aromatic rings. The number of rotatable bonds is 4. The van der Waals surface area contributed by atoms with Gasteiger partial charge in [0.15, 0.2) is 5.11 Å². The minimum Gasteiger partial charge on any atom is -0.494 e. The molecule has 0 aromatic heterocycles. The van der Waals surface area contributed by atoms with Crippen molar-refractivity contribution in [2.45, 2.75) is 52.1 Å². The van der Waals surface area contributed by atoms with E-state index in [1.807, 2.05) is 31.2 Å². The van der Waals surface area contributed by atoms with Crippen LogP contribution < -0.4 is 15.5 Å². The van der Waals surface area contributed by atoms with E-state index in [0.717, 1.165) is 11.4 Å². The van der Waals surface area contributed by atoms with Crippen molar-refractivity contribution in [1.29, 1.82) is 0 Å². The van der Waals surface area contributed by atoms with Gasteiger partial charge in [-0.2, -0.15) is 0 Å². The van der Waals surface area contributed by atoms with Gasteiger partial charge in [0.25, 0.3) is 0 Å². The molecule has 1 aromatic carbocycles. The summed E-state index contributed by atoms with van der Waals surface area (Å²) in [5.41, 5.74) is 4.30. The maximum atomic E-state index is 5.43. The molecule has 1 heterocycles. The first kappa shape index (κ1) is 16.0. The molecule has 1 saturated heterocycles. The van der Waals surface area contributed by atoms with Crippen LogP contribution in [0.4, 0.5) is 5.69 Å². The van der Waals surface area contributed by atoms with Crippen molar-refractivity contribution in [3.8, 4) is 5.75 Å². The number of hydrogen-bond acceptors (Lipinski definition) is 3. The zero-order valence-electron chi connectivity index (χ0n) is 13.1. The summed E-state index contributed by atoms with van der Waals surface area (Å²) in [5.74, 6) is 0.875. The Bertz CT molecular complexity index is 453. The predicted molar refractivity (Wildman–Crippen MR) is 91.6 cm³/mol. The van der Waals surface area contributed by atoms with E-state index in [1.165, 1.54) is 19.3 Å². The fourth-order valence-electron chi connectivity index (χ4n) is 2.72. The molecule has 0 radical (unpaired) electrons. The highest BCUT2D eigenvalue weighted by Crippen LogP contribution is 2.20. The Labute approximate surface area is 132 Å². The molecule has 21 heavy (non-hydrogen) atoms. The van der Waals surface area contributed by atoms with Gasteiger partial charge in [0, 0.05) is 17.8 Å².